The van der Waals surface area contributed by atoms with Gasteiger partial charge < -0.3 is 88.7 Å². The number of fused-ring (bicyclic) bond motifs is 4. The Morgan fingerprint density at radius 2 is 1.37 bits per heavy atom. The molecule has 5 heterocycles. The number of nitrogens with one attached hydrogen (secondary N) is 1. The molecule has 9 rings (SSSR count). The minimum absolute atomic E-state index is 0.0320. The number of carbonyl (C=O) groups is 3. The second-order valence-corrected chi connectivity index (χ2v) is 25.8. The number of allylic oxidation sites excluding steroid dienone is 3. The number of amides is 1. The molecule has 21 nitrogen and oxygen atoms in total. The molecule has 8 N–H and O–H groups in total. The lowest BCUT2D eigenvalue weighted by molar-refractivity contribution is -0.335. The number of hydrogen-bond acceptors (Lipinski definition) is 20. The molecule has 2 unspecified atom stereocenters. The Bertz CT molecular complexity index is 2490. The third kappa shape index (κ3) is 11.8. The molecular weight excluding hydrogens is 1060 g/mol. The van der Waals surface area contributed by atoms with E-state index in [2.05, 4.69) is 37.4 Å². The second-order valence-electron chi connectivity index (χ2n) is 25.8. The fourth-order valence-electron chi connectivity index (χ4n) is 15.7. The van der Waals surface area contributed by atoms with Crippen LogP contribution in [-0.4, -0.2) is 180 Å². The van der Waals surface area contributed by atoms with Gasteiger partial charge in [-0.1, -0.05) is 63.6 Å². The van der Waals surface area contributed by atoms with Crippen LogP contribution in [0.3, 0.4) is 0 Å². The van der Waals surface area contributed by atoms with Gasteiger partial charge in [0.1, 0.15) is 29.6 Å². The van der Waals surface area contributed by atoms with Crippen LogP contribution in [0.2, 0.25) is 0 Å². The lowest BCUT2D eigenvalue weighted by atomic mass is 9.49. The molecule has 1 amide bonds. The van der Waals surface area contributed by atoms with Gasteiger partial charge in [0, 0.05) is 67.9 Å². The summed E-state index contributed by atoms with van der Waals surface area (Å²) in [5.74, 6) is -4.54. The molecule has 5 saturated heterocycles. The minimum Gasteiger partial charge on any atom is -0.511 e. The number of ketones is 1. The van der Waals surface area contributed by atoms with Gasteiger partial charge in [-0.2, -0.15) is 0 Å². The maximum absolute atomic E-state index is 15.6. The maximum atomic E-state index is 15.6. The van der Waals surface area contributed by atoms with Gasteiger partial charge in [0.05, 0.1) is 74.7 Å². The molecule has 9 aliphatic rings. The molecule has 82 heavy (non-hydrogen) atoms. The second kappa shape index (κ2) is 24.6. The van der Waals surface area contributed by atoms with Crippen LogP contribution in [0.25, 0.3) is 0 Å². The molecule has 21 heteroatoms. The number of ether oxygens (including phenoxy) is 11. The number of rotatable bonds is 11. The molecule has 0 aromatic rings. The largest absolute Gasteiger partial charge is 0.511 e. The molecule has 5 aliphatic heterocycles. The maximum Gasteiger partial charge on any atom is 0.407 e. The molecule has 2 bridgehead atoms. The smallest absolute Gasteiger partial charge is 0.407 e. The summed E-state index contributed by atoms with van der Waals surface area (Å²) >= 11 is 0. The summed E-state index contributed by atoms with van der Waals surface area (Å²) in [6.07, 6.45) is -1.16. The van der Waals surface area contributed by atoms with Crippen LogP contribution in [0.4, 0.5) is 4.79 Å². The predicted molar refractivity (Wildman–Crippen MR) is 295 cm³/mol. The van der Waals surface area contributed by atoms with Crippen LogP contribution in [0.5, 0.6) is 0 Å². The number of Topliss-reactive ketones (excluding diaryl/α,β-unsaturated/α-hetero) is 1. The zero-order valence-electron chi connectivity index (χ0n) is 49.9. The van der Waals surface area contributed by atoms with E-state index in [4.69, 9.17) is 57.8 Å². The van der Waals surface area contributed by atoms with E-state index in [0.29, 0.717) is 24.0 Å². The standard InChI is InChI=1S/C61H92N2O19/c1-27-14-17-42(78-47-25-59(10,62)54(35(9)77-47)63-58(71)73-13)28(2)19-37-20-36(26-64)31(5)24-61(37)56(69)48(57(70)82-61)55(68)60(11)39(27)16-15-38-49(60)29(3)18-30(4)51(38)80-46-23-43(50(67)32(6)74-46)79-44-22-41(66)53(34(8)76-44)81-45-21-40(65)52(72-12)33(7)75-45/h14-16,19-20,29-35,37-47,49-54,64-68H,17-18,21-26,62H2,1-13H3,(H,63,71)/b27-14-,28-19?,55-48?/t29-,30-,31+,32+,33+,34+,35+,37-,38-,39-,40-,41-,42?,43-,44-,45-,46-,47+,49+,50+,51-,52+,53+,54-,59-,60+,61?/m1/s1. The Morgan fingerprint density at radius 1 is 0.744 bits per heavy atom. The molecule has 4 aliphatic carbocycles. The first-order chi connectivity index (χ1) is 38.6. The van der Waals surface area contributed by atoms with E-state index in [9.17, 15) is 35.1 Å². The Kier molecular flexibility index (Phi) is 18.9. The molecule has 6 fully saturated rings. The normalized spacial score (nSPS) is 48.8. The van der Waals surface area contributed by atoms with Gasteiger partial charge in [-0.05, 0) is 96.1 Å². The van der Waals surface area contributed by atoms with Gasteiger partial charge in [0.25, 0.3) is 0 Å². The summed E-state index contributed by atoms with van der Waals surface area (Å²) in [5.41, 5.74) is 4.75. The summed E-state index contributed by atoms with van der Waals surface area (Å²) in [4.78, 5) is 42.6. The van der Waals surface area contributed by atoms with E-state index in [0.717, 1.165) is 5.57 Å². The highest BCUT2D eigenvalue weighted by Crippen LogP contribution is 2.61. The van der Waals surface area contributed by atoms with Crippen molar-refractivity contribution in [3.63, 3.8) is 0 Å². The quantitative estimate of drug-likeness (QED) is 0.0789. The fourth-order valence-corrected chi connectivity index (χ4v) is 15.7. The number of methoxy groups -OCH3 is 2. The predicted octanol–water partition coefficient (Wildman–Crippen LogP) is 5.25. The van der Waals surface area contributed by atoms with Crippen LogP contribution in [-0.2, 0) is 61.7 Å². The topological polar surface area (TPSA) is 292 Å². The monoisotopic (exact) mass is 1160 g/mol. The van der Waals surface area contributed by atoms with Crippen molar-refractivity contribution in [3.05, 3.63) is 58.4 Å². The van der Waals surface area contributed by atoms with E-state index in [-0.39, 0.29) is 73.7 Å². The van der Waals surface area contributed by atoms with Crippen LogP contribution in [0, 0.1) is 46.8 Å². The highest BCUT2D eigenvalue weighted by molar-refractivity contribution is 6.26. The van der Waals surface area contributed by atoms with E-state index >= 15 is 4.79 Å². The Hall–Kier alpha value is -3.65. The Balaban J connectivity index is 1.00. The average Bonchev–Trinajstić information content (AvgIpc) is 3.56. The minimum atomic E-state index is -1.75. The SMILES string of the molecule is COC(=O)N[C@@H]1[C@H](C)O[C@@H](OC2C/C=C(/C)[C@H]3C=C[C@H]4[C@H](O[C@@H]5C[C@@H](O[C@@H]6C[C@@H](O)[C@@H](O[C@@H]7C[C@@H](O)[C@@H](OC)[C@H](C)O7)[C@H](C)O6)[C@@H](O)[C@H](C)O5)[C@H](C)C[C@@H](C)[C@@H]4[C@@]3(C)C(O)=C3C(=O)OC4(C[C@H](C)C(CO)=C[C@H]4C=C2C)C3=O)C[C@@]1(C)N. The Labute approximate surface area is 482 Å². The Morgan fingerprint density at radius 3 is 2.00 bits per heavy atom. The van der Waals surface area contributed by atoms with E-state index < -0.39 is 157 Å². The molecule has 27 atom stereocenters. The van der Waals surface area contributed by atoms with Crippen LogP contribution >= 0.6 is 0 Å². The van der Waals surface area contributed by atoms with Crippen molar-refractivity contribution in [2.45, 2.75) is 237 Å². The van der Waals surface area contributed by atoms with E-state index in [1.165, 1.54) is 14.2 Å². The first kappa shape index (κ1) is 62.9. The van der Waals surface area contributed by atoms with E-state index in [1.54, 1.807) is 26.8 Å². The number of aliphatic hydroxyl groups excluding tert-OH is 5. The van der Waals surface area contributed by atoms with Crippen LogP contribution in [0.1, 0.15) is 121 Å². The highest BCUT2D eigenvalue weighted by atomic mass is 16.7. The summed E-state index contributed by atoms with van der Waals surface area (Å²) in [5, 5.41) is 60.3. The lowest BCUT2D eigenvalue weighted by Gasteiger charge is -2.56. The van der Waals surface area contributed by atoms with Crippen molar-refractivity contribution in [1.82, 2.24) is 5.32 Å². The van der Waals surface area contributed by atoms with Gasteiger partial charge in [0.2, 0.25) is 5.78 Å². The van der Waals surface area contributed by atoms with Gasteiger partial charge in [0.15, 0.2) is 30.8 Å². The molecule has 1 spiro atoms. The summed E-state index contributed by atoms with van der Waals surface area (Å²) < 4.78 is 68.4. The van der Waals surface area contributed by atoms with Gasteiger partial charge in [-0.15, -0.1) is 0 Å². The van der Waals surface area contributed by atoms with Crippen molar-refractivity contribution in [1.29, 1.82) is 0 Å². The van der Waals surface area contributed by atoms with Crippen molar-refractivity contribution in [2.75, 3.05) is 20.8 Å². The summed E-state index contributed by atoms with van der Waals surface area (Å²) in [6, 6.07) is -0.595. The van der Waals surface area contributed by atoms with Crippen LogP contribution in [0.15, 0.2) is 58.4 Å². The number of nitrogens with two attached hydrogens (primary N) is 1. The first-order valence-electron chi connectivity index (χ1n) is 29.7. The molecular formula is C61H92N2O19. The summed E-state index contributed by atoms with van der Waals surface area (Å²) in [6.45, 7) is 20.6. The highest BCUT2D eigenvalue weighted by Gasteiger charge is 2.64. The zero-order chi connectivity index (χ0) is 59.7. The molecule has 1 saturated carbocycles. The van der Waals surface area contributed by atoms with Crippen molar-refractivity contribution >= 4 is 17.8 Å². The third-order valence-corrected chi connectivity index (χ3v) is 19.9. The molecule has 0 aromatic heterocycles. The third-order valence-electron chi connectivity index (χ3n) is 19.9. The van der Waals surface area contributed by atoms with Crippen molar-refractivity contribution < 1.29 is 92.0 Å². The van der Waals surface area contributed by atoms with Gasteiger partial charge >= 0.3 is 12.1 Å². The summed E-state index contributed by atoms with van der Waals surface area (Å²) in [7, 11) is 2.79. The van der Waals surface area contributed by atoms with Crippen LogP contribution < -0.4 is 11.1 Å². The van der Waals surface area contributed by atoms with Gasteiger partial charge in [-0.25, -0.2) is 9.59 Å². The van der Waals surface area contributed by atoms with E-state index in [1.807, 2.05) is 47.6 Å². The fraction of sp³-hybridized carbons (Fsp3) is 0.787. The number of aliphatic hydroxyl groups is 5. The first-order valence-corrected chi connectivity index (χ1v) is 29.7. The molecule has 460 valence electrons. The number of esters is 1. The van der Waals surface area contributed by atoms with Crippen molar-refractivity contribution in [2.24, 2.45) is 52.6 Å². The number of alkyl carbamates (subject to hydrolysis) is 1. The average molecular weight is 1160 g/mol. The molecule has 0 radical (unpaired) electrons. The molecule has 0 aromatic carbocycles. The lowest BCUT2D eigenvalue weighted by Crippen LogP contribution is -2.66. The zero-order valence-corrected chi connectivity index (χ0v) is 49.9. The van der Waals surface area contributed by atoms with Gasteiger partial charge in [-0.3, -0.25) is 4.79 Å². The van der Waals surface area contributed by atoms with Crippen molar-refractivity contribution in [3.8, 4) is 0 Å². The number of carbonyl (C=O) groups excluding carboxylic acids is 3. The number of hydrogen-bond donors (Lipinski definition) is 7.